The number of hydrogen-bond donors (Lipinski definition) is 3. The van der Waals surface area contributed by atoms with Gasteiger partial charge in [0.25, 0.3) is 0 Å². The van der Waals surface area contributed by atoms with Gasteiger partial charge in [0, 0.05) is 22.7 Å². The largest absolute Gasteiger partial charge is 0.402 e. The van der Waals surface area contributed by atoms with E-state index in [9.17, 15) is 0 Å². The van der Waals surface area contributed by atoms with Crippen molar-refractivity contribution in [3.8, 4) is 0 Å². The quantitative estimate of drug-likeness (QED) is 0.509. The minimum atomic E-state index is 0.539. The van der Waals surface area contributed by atoms with Crippen LogP contribution in [0.1, 0.15) is 30.5 Å². The Labute approximate surface area is 90.3 Å². The summed E-state index contributed by atoms with van der Waals surface area (Å²) in [5.74, 6) is 0. The Hall–Kier alpha value is -1.77. The summed E-state index contributed by atoms with van der Waals surface area (Å²) in [6, 6.07) is 3.69. The molecule has 0 fully saturated rings. The summed E-state index contributed by atoms with van der Waals surface area (Å²) in [5, 5.41) is 7.63. The standard InChI is InChI=1S/C12H17N3/c1-7(13)6-11-8(2)10(9(3)14)4-5-12(11)15/h4-6,14H,13,15H2,1-3H3/b7-6-,14-9?. The molecule has 1 aromatic carbocycles. The van der Waals surface area contributed by atoms with Crippen LogP contribution in [0.25, 0.3) is 6.08 Å². The number of anilines is 1. The third kappa shape index (κ3) is 2.37. The number of nitrogens with two attached hydrogens (primary N) is 2. The van der Waals surface area contributed by atoms with Crippen molar-refractivity contribution in [1.82, 2.24) is 0 Å². The minimum Gasteiger partial charge on any atom is -0.402 e. The van der Waals surface area contributed by atoms with Crippen LogP contribution in [0.2, 0.25) is 0 Å². The average molecular weight is 203 g/mol. The van der Waals surface area contributed by atoms with Crippen molar-refractivity contribution < 1.29 is 0 Å². The Bertz CT molecular complexity index is 427. The lowest BCUT2D eigenvalue weighted by Crippen LogP contribution is -2.02. The summed E-state index contributed by atoms with van der Waals surface area (Å²) >= 11 is 0. The third-order valence-corrected chi connectivity index (χ3v) is 2.32. The van der Waals surface area contributed by atoms with Crippen LogP contribution in [0.5, 0.6) is 0 Å². The van der Waals surface area contributed by atoms with Gasteiger partial charge in [-0.25, -0.2) is 0 Å². The molecule has 0 unspecified atom stereocenters. The zero-order chi connectivity index (χ0) is 11.6. The predicted octanol–water partition coefficient (Wildman–Crippen LogP) is 2.28. The predicted molar refractivity (Wildman–Crippen MR) is 65.9 cm³/mol. The zero-order valence-corrected chi connectivity index (χ0v) is 9.39. The smallest absolute Gasteiger partial charge is 0.0391 e. The van der Waals surface area contributed by atoms with E-state index < -0.39 is 0 Å². The molecule has 15 heavy (non-hydrogen) atoms. The number of benzene rings is 1. The molecule has 80 valence electrons. The van der Waals surface area contributed by atoms with Gasteiger partial charge in [-0.05, 0) is 44.0 Å². The number of allylic oxidation sites excluding steroid dienone is 1. The Morgan fingerprint density at radius 2 is 1.93 bits per heavy atom. The topological polar surface area (TPSA) is 75.9 Å². The van der Waals surface area contributed by atoms with Crippen LogP contribution in [-0.4, -0.2) is 5.71 Å². The highest BCUT2D eigenvalue weighted by molar-refractivity contribution is 5.99. The molecule has 0 aromatic heterocycles. The highest BCUT2D eigenvalue weighted by Gasteiger charge is 2.07. The monoisotopic (exact) mass is 203 g/mol. The normalized spacial score (nSPS) is 11.5. The van der Waals surface area contributed by atoms with E-state index in [2.05, 4.69) is 0 Å². The zero-order valence-electron chi connectivity index (χ0n) is 9.39. The van der Waals surface area contributed by atoms with Crippen molar-refractivity contribution in [3.63, 3.8) is 0 Å². The molecule has 0 amide bonds. The fourth-order valence-electron chi connectivity index (χ4n) is 1.57. The molecule has 0 spiro atoms. The molecule has 0 aliphatic heterocycles. The van der Waals surface area contributed by atoms with E-state index >= 15 is 0 Å². The first-order chi connectivity index (χ1) is 6.93. The fraction of sp³-hybridized carbons (Fsp3) is 0.250. The molecular weight excluding hydrogens is 186 g/mol. The number of nitrogen functional groups attached to an aromatic ring is 1. The second-order valence-electron chi connectivity index (χ2n) is 3.75. The molecule has 0 heterocycles. The number of rotatable bonds is 2. The second-order valence-corrected chi connectivity index (χ2v) is 3.75. The molecule has 0 bridgehead atoms. The highest BCUT2D eigenvalue weighted by Crippen LogP contribution is 2.23. The third-order valence-electron chi connectivity index (χ3n) is 2.32. The molecule has 3 nitrogen and oxygen atoms in total. The minimum absolute atomic E-state index is 0.539. The first kappa shape index (κ1) is 11.3. The van der Waals surface area contributed by atoms with Gasteiger partial charge in [0.05, 0.1) is 0 Å². The van der Waals surface area contributed by atoms with Crippen LogP contribution in [-0.2, 0) is 0 Å². The molecule has 0 aliphatic carbocycles. The number of hydrogen-bond acceptors (Lipinski definition) is 3. The van der Waals surface area contributed by atoms with Crippen LogP contribution < -0.4 is 11.5 Å². The maximum Gasteiger partial charge on any atom is 0.0391 e. The lowest BCUT2D eigenvalue weighted by molar-refractivity contribution is 1.32. The van der Waals surface area contributed by atoms with Gasteiger partial charge in [0.15, 0.2) is 0 Å². The van der Waals surface area contributed by atoms with Gasteiger partial charge in [-0.3, -0.25) is 0 Å². The maximum absolute atomic E-state index is 7.63. The van der Waals surface area contributed by atoms with Gasteiger partial charge >= 0.3 is 0 Å². The van der Waals surface area contributed by atoms with Gasteiger partial charge in [-0.1, -0.05) is 6.07 Å². The summed E-state index contributed by atoms with van der Waals surface area (Å²) in [4.78, 5) is 0. The average Bonchev–Trinajstić information content (AvgIpc) is 2.11. The van der Waals surface area contributed by atoms with E-state index in [1.807, 2.05) is 32.1 Å². The van der Waals surface area contributed by atoms with Gasteiger partial charge < -0.3 is 16.9 Å². The van der Waals surface area contributed by atoms with E-state index in [0.717, 1.165) is 16.7 Å². The Morgan fingerprint density at radius 1 is 1.33 bits per heavy atom. The van der Waals surface area contributed by atoms with Crippen molar-refractivity contribution in [2.24, 2.45) is 5.73 Å². The van der Waals surface area contributed by atoms with Gasteiger partial charge in [-0.15, -0.1) is 0 Å². The van der Waals surface area contributed by atoms with E-state index in [1.54, 1.807) is 6.92 Å². The highest BCUT2D eigenvalue weighted by atomic mass is 14.6. The summed E-state index contributed by atoms with van der Waals surface area (Å²) in [6.07, 6.45) is 1.84. The molecule has 0 saturated carbocycles. The van der Waals surface area contributed by atoms with Crippen LogP contribution >= 0.6 is 0 Å². The van der Waals surface area contributed by atoms with Crippen LogP contribution in [0.15, 0.2) is 17.8 Å². The van der Waals surface area contributed by atoms with E-state index in [4.69, 9.17) is 16.9 Å². The summed E-state index contributed by atoms with van der Waals surface area (Å²) in [6.45, 7) is 5.54. The molecule has 1 rings (SSSR count). The maximum atomic E-state index is 7.63. The van der Waals surface area contributed by atoms with E-state index in [1.165, 1.54) is 0 Å². The Balaban J connectivity index is 3.43. The first-order valence-corrected chi connectivity index (χ1v) is 4.82. The van der Waals surface area contributed by atoms with Crippen molar-refractivity contribution in [2.45, 2.75) is 20.8 Å². The Morgan fingerprint density at radius 3 is 2.40 bits per heavy atom. The van der Waals surface area contributed by atoms with E-state index in [0.29, 0.717) is 17.1 Å². The van der Waals surface area contributed by atoms with Gasteiger partial charge in [0.1, 0.15) is 0 Å². The SMILES string of the molecule is CC(=N)c1ccc(N)c(/C=C(/C)N)c1C. The molecule has 0 atom stereocenters. The van der Waals surface area contributed by atoms with Crippen LogP contribution in [0.4, 0.5) is 5.69 Å². The molecular formula is C12H17N3. The fourth-order valence-corrected chi connectivity index (χ4v) is 1.57. The summed E-state index contributed by atoms with van der Waals surface area (Å²) in [7, 11) is 0. The molecule has 0 saturated heterocycles. The summed E-state index contributed by atoms with van der Waals surface area (Å²) in [5.41, 5.74) is 16.3. The second kappa shape index (κ2) is 4.17. The van der Waals surface area contributed by atoms with Crippen LogP contribution in [0.3, 0.4) is 0 Å². The lowest BCUT2D eigenvalue weighted by atomic mass is 9.97. The van der Waals surface area contributed by atoms with Gasteiger partial charge in [-0.2, -0.15) is 0 Å². The Kier molecular flexibility index (Phi) is 3.14. The molecule has 0 aliphatic rings. The van der Waals surface area contributed by atoms with E-state index in [-0.39, 0.29) is 0 Å². The van der Waals surface area contributed by atoms with Crippen molar-refractivity contribution in [2.75, 3.05) is 5.73 Å². The van der Waals surface area contributed by atoms with Crippen molar-refractivity contribution >= 4 is 17.5 Å². The number of nitrogens with one attached hydrogen (secondary N) is 1. The molecule has 0 radical (unpaired) electrons. The molecule has 5 N–H and O–H groups in total. The van der Waals surface area contributed by atoms with Gasteiger partial charge in [0.2, 0.25) is 0 Å². The van der Waals surface area contributed by atoms with Crippen LogP contribution in [0, 0.1) is 12.3 Å². The molecule has 3 heteroatoms. The van der Waals surface area contributed by atoms with Crippen molar-refractivity contribution in [3.05, 3.63) is 34.5 Å². The summed E-state index contributed by atoms with van der Waals surface area (Å²) < 4.78 is 0. The van der Waals surface area contributed by atoms with Crippen molar-refractivity contribution in [1.29, 1.82) is 5.41 Å². The first-order valence-electron chi connectivity index (χ1n) is 4.82. The lowest BCUT2D eigenvalue weighted by Gasteiger charge is -2.10. The molecule has 1 aromatic rings.